The average molecular weight is 199 g/mol. The van der Waals surface area contributed by atoms with Gasteiger partial charge in [0.15, 0.2) is 0 Å². The van der Waals surface area contributed by atoms with Crippen LogP contribution in [0.3, 0.4) is 0 Å². The predicted molar refractivity (Wildman–Crippen MR) is 37.5 cm³/mol. The zero-order chi connectivity index (χ0) is 7.44. The van der Waals surface area contributed by atoms with Crippen molar-refractivity contribution in [3.05, 3.63) is 12.2 Å². The highest BCUT2D eigenvalue weighted by atomic mass is 35.5. The van der Waals surface area contributed by atoms with E-state index >= 15 is 0 Å². The zero-order valence-electron chi connectivity index (χ0n) is 7.08. The number of quaternary nitrogens is 1. The van der Waals surface area contributed by atoms with Crippen LogP contribution in [0.15, 0.2) is 12.2 Å². The Morgan fingerprint density at radius 3 is 1.82 bits per heavy atom. The number of carbonyl (C=O) groups is 1. The Bertz CT molecular complexity index is 134. The highest BCUT2D eigenvalue weighted by Gasteiger charge is 2.04. The molecule has 0 aliphatic rings. The predicted octanol–water partition coefficient (Wildman–Crippen LogP) is -6.72. The summed E-state index contributed by atoms with van der Waals surface area (Å²) in [6, 6.07) is 0. The molecule has 0 fully saturated rings. The van der Waals surface area contributed by atoms with Gasteiger partial charge in [-0.2, -0.15) is 0 Å². The molecule has 0 rings (SSSR count). The van der Waals surface area contributed by atoms with Crippen molar-refractivity contribution in [1.82, 2.24) is 0 Å². The number of carbonyl (C=O) groups excluding carboxylic acids is 1. The lowest BCUT2D eigenvalue weighted by molar-refractivity contribution is -0.849. The summed E-state index contributed by atoms with van der Waals surface area (Å²) in [6.07, 6.45) is 0. The van der Waals surface area contributed by atoms with Gasteiger partial charge in [-0.25, -0.2) is 0 Å². The molecule has 0 radical (unpaired) electrons. The van der Waals surface area contributed by atoms with E-state index in [9.17, 15) is 4.79 Å². The molecule has 0 aromatic heterocycles. The molecule has 0 aromatic carbocycles. The van der Waals surface area contributed by atoms with Crippen molar-refractivity contribution in [2.45, 2.75) is 6.92 Å². The minimum atomic E-state index is 0. The van der Waals surface area contributed by atoms with E-state index in [1.165, 1.54) is 0 Å². The van der Waals surface area contributed by atoms with E-state index in [-0.39, 0.29) is 30.6 Å². The summed E-state index contributed by atoms with van der Waals surface area (Å²) in [4.78, 5) is 12.0. The molecule has 4 heteroatoms. The molecule has 0 spiro atoms. The van der Waals surface area contributed by atoms with Gasteiger partial charge in [-0.3, -0.25) is 4.79 Å². The summed E-state index contributed by atoms with van der Waals surface area (Å²) in [5.41, 5.74) is 0.649. The first-order valence-corrected chi connectivity index (χ1v) is 3.01. The summed E-state index contributed by atoms with van der Waals surface area (Å²) in [7, 11) is 3.89. The van der Waals surface area contributed by atoms with Crippen molar-refractivity contribution in [2.24, 2.45) is 0 Å². The fourth-order valence-corrected chi connectivity index (χ4v) is 0.472. The Balaban J connectivity index is -0.000000320. The topological polar surface area (TPSA) is 21.5 Å². The van der Waals surface area contributed by atoms with E-state index in [1.54, 1.807) is 6.92 Å². The third kappa shape index (κ3) is 9.95. The van der Waals surface area contributed by atoms with Crippen LogP contribution >= 0.6 is 0 Å². The quantitative estimate of drug-likeness (QED) is 0.448. The van der Waals surface area contributed by atoms with E-state index in [1.807, 2.05) is 14.1 Å². The SMILES string of the molecule is C=C(C)C(=O)C[NH+](C)C.[Cl-].[Cl-]. The van der Waals surface area contributed by atoms with Crippen LogP contribution < -0.4 is 29.7 Å². The maximum absolute atomic E-state index is 10.8. The molecule has 0 bridgehead atoms. The van der Waals surface area contributed by atoms with Crippen molar-refractivity contribution in [3.8, 4) is 0 Å². The van der Waals surface area contributed by atoms with E-state index in [4.69, 9.17) is 0 Å². The maximum Gasteiger partial charge on any atom is 0.211 e. The molecule has 0 aliphatic heterocycles. The first-order chi connectivity index (χ1) is 4.04. The van der Waals surface area contributed by atoms with E-state index in [2.05, 4.69) is 6.58 Å². The van der Waals surface area contributed by atoms with Gasteiger partial charge in [0.05, 0.1) is 14.1 Å². The summed E-state index contributed by atoms with van der Waals surface area (Å²) >= 11 is 0. The van der Waals surface area contributed by atoms with Gasteiger partial charge in [0.2, 0.25) is 5.78 Å². The molecule has 2 nitrogen and oxygen atoms in total. The Morgan fingerprint density at radius 1 is 1.36 bits per heavy atom. The molecule has 0 amide bonds. The fraction of sp³-hybridized carbons (Fsp3) is 0.571. The summed E-state index contributed by atoms with van der Waals surface area (Å²) in [6.45, 7) is 5.84. The minimum Gasteiger partial charge on any atom is -1.00 e. The molecule has 68 valence electrons. The van der Waals surface area contributed by atoms with Crippen molar-refractivity contribution in [2.75, 3.05) is 20.6 Å². The van der Waals surface area contributed by atoms with Gasteiger partial charge in [0.1, 0.15) is 6.54 Å². The zero-order valence-corrected chi connectivity index (χ0v) is 8.59. The molecule has 0 saturated heterocycles. The Morgan fingerprint density at radius 2 is 1.73 bits per heavy atom. The van der Waals surface area contributed by atoms with Gasteiger partial charge in [0.25, 0.3) is 0 Å². The van der Waals surface area contributed by atoms with Crippen LogP contribution in [0.2, 0.25) is 0 Å². The smallest absolute Gasteiger partial charge is 0.211 e. The molecule has 0 heterocycles. The number of Topliss-reactive ketones (excluding diaryl/α,β-unsaturated/α-hetero) is 1. The largest absolute Gasteiger partial charge is 1.00 e. The summed E-state index contributed by atoms with van der Waals surface area (Å²) < 4.78 is 0. The van der Waals surface area contributed by atoms with E-state index < -0.39 is 0 Å². The van der Waals surface area contributed by atoms with Crippen LogP contribution in [0.5, 0.6) is 0 Å². The maximum atomic E-state index is 10.8. The number of hydrogen-bond donors (Lipinski definition) is 1. The third-order valence-corrected chi connectivity index (χ3v) is 0.990. The van der Waals surface area contributed by atoms with E-state index in [0.717, 1.165) is 4.90 Å². The van der Waals surface area contributed by atoms with Gasteiger partial charge < -0.3 is 29.7 Å². The summed E-state index contributed by atoms with van der Waals surface area (Å²) in [5, 5.41) is 0. The molecular formula is C7H14Cl2NO-. The normalized spacial score (nSPS) is 8.00. The van der Waals surface area contributed by atoms with Crippen LogP contribution in [-0.2, 0) is 4.79 Å². The van der Waals surface area contributed by atoms with Gasteiger partial charge in [-0.1, -0.05) is 6.58 Å². The number of rotatable bonds is 3. The fourth-order valence-electron chi connectivity index (χ4n) is 0.472. The molecule has 0 saturated carbocycles. The van der Waals surface area contributed by atoms with E-state index in [0.29, 0.717) is 12.1 Å². The Hall–Kier alpha value is -0.0500. The first-order valence-electron chi connectivity index (χ1n) is 3.01. The number of hydrogen-bond acceptors (Lipinski definition) is 1. The van der Waals surface area contributed by atoms with Crippen LogP contribution in [0.1, 0.15) is 6.92 Å². The molecule has 0 aliphatic carbocycles. The molecule has 0 aromatic rings. The molecule has 11 heavy (non-hydrogen) atoms. The number of nitrogens with one attached hydrogen (secondary N) is 1. The molecule has 0 atom stereocenters. The van der Waals surface area contributed by atoms with Crippen molar-refractivity contribution < 1.29 is 34.5 Å². The lowest BCUT2D eigenvalue weighted by atomic mass is 10.2. The van der Waals surface area contributed by atoms with Crippen molar-refractivity contribution in [3.63, 3.8) is 0 Å². The van der Waals surface area contributed by atoms with Gasteiger partial charge in [0, 0.05) is 0 Å². The lowest BCUT2D eigenvalue weighted by Gasteiger charge is -2.04. The number of halogens is 2. The molecule has 0 unspecified atom stereocenters. The highest BCUT2D eigenvalue weighted by molar-refractivity contribution is 5.94. The summed E-state index contributed by atoms with van der Waals surface area (Å²) in [5.74, 6) is 0.148. The number of likely N-dealkylation sites (N-methyl/N-ethyl adjacent to an activating group) is 1. The first kappa shape index (κ1) is 17.2. The van der Waals surface area contributed by atoms with Crippen molar-refractivity contribution in [1.29, 1.82) is 0 Å². The van der Waals surface area contributed by atoms with Gasteiger partial charge in [-0.05, 0) is 12.5 Å². The lowest BCUT2D eigenvalue weighted by Crippen LogP contribution is -3.06. The van der Waals surface area contributed by atoms with Gasteiger partial charge >= 0.3 is 0 Å². The van der Waals surface area contributed by atoms with Crippen LogP contribution in [-0.4, -0.2) is 26.4 Å². The molecule has 1 N–H and O–H groups in total. The second-order valence-corrected chi connectivity index (χ2v) is 2.59. The Kier molecular flexibility index (Phi) is 12.6. The monoisotopic (exact) mass is 198 g/mol. The second kappa shape index (κ2) is 8.05. The second-order valence-electron chi connectivity index (χ2n) is 2.59. The van der Waals surface area contributed by atoms with Crippen LogP contribution in [0.4, 0.5) is 0 Å². The van der Waals surface area contributed by atoms with Crippen LogP contribution in [0.25, 0.3) is 0 Å². The standard InChI is InChI=1S/C7H13NO.2ClH/c1-6(2)7(9)5-8(3)4;;/h1,5H2,2-4H3;2*1H/p-1. The minimum absolute atomic E-state index is 0. The van der Waals surface area contributed by atoms with Crippen molar-refractivity contribution >= 4 is 5.78 Å². The average Bonchev–Trinajstić information content (AvgIpc) is 1.63. The highest BCUT2D eigenvalue weighted by Crippen LogP contribution is 1.84. The van der Waals surface area contributed by atoms with Gasteiger partial charge in [-0.15, -0.1) is 0 Å². The molecular weight excluding hydrogens is 185 g/mol. The Labute approximate surface area is 80.5 Å². The van der Waals surface area contributed by atoms with Crippen LogP contribution in [0, 0.1) is 0 Å². The third-order valence-electron chi connectivity index (χ3n) is 0.990. The number of ketones is 1.